The van der Waals surface area contributed by atoms with Gasteiger partial charge in [-0.1, -0.05) is 54.3 Å². The molecule has 0 radical (unpaired) electrons. The van der Waals surface area contributed by atoms with E-state index in [-0.39, 0.29) is 6.61 Å². The summed E-state index contributed by atoms with van der Waals surface area (Å²) in [5.74, 6) is 6.18. The summed E-state index contributed by atoms with van der Waals surface area (Å²) in [6, 6.07) is 10.2. The molecule has 1 nitrogen and oxygen atoms in total. The summed E-state index contributed by atoms with van der Waals surface area (Å²) in [4.78, 5) is 0. The van der Waals surface area contributed by atoms with Crippen molar-refractivity contribution in [3.05, 3.63) is 54.1 Å². The molecule has 0 aliphatic heterocycles. The van der Waals surface area contributed by atoms with Gasteiger partial charge in [0.05, 0.1) is 6.61 Å². The van der Waals surface area contributed by atoms with Crippen molar-refractivity contribution in [1.29, 1.82) is 0 Å². The summed E-state index contributed by atoms with van der Waals surface area (Å²) in [5, 5.41) is 8.54. The highest BCUT2D eigenvalue weighted by molar-refractivity contribution is 5.52. The number of rotatable bonds is 6. The SMILES string of the molecule is OC/C=C/CCCCC#C/C=C/c1ccccc1. The van der Waals surface area contributed by atoms with Crippen LogP contribution in [-0.4, -0.2) is 11.7 Å². The molecule has 0 aliphatic rings. The van der Waals surface area contributed by atoms with Gasteiger partial charge in [0.2, 0.25) is 0 Å². The van der Waals surface area contributed by atoms with E-state index in [1.807, 2.05) is 36.4 Å². The Labute approximate surface area is 110 Å². The highest BCUT2D eigenvalue weighted by Crippen LogP contribution is 2.01. The van der Waals surface area contributed by atoms with Gasteiger partial charge in [0.15, 0.2) is 0 Å². The van der Waals surface area contributed by atoms with Crippen molar-refractivity contribution < 1.29 is 5.11 Å². The van der Waals surface area contributed by atoms with Crippen molar-refractivity contribution in [2.75, 3.05) is 6.61 Å². The average molecular weight is 240 g/mol. The Kier molecular flexibility index (Phi) is 8.23. The highest BCUT2D eigenvalue weighted by atomic mass is 16.2. The Morgan fingerprint density at radius 3 is 2.67 bits per heavy atom. The van der Waals surface area contributed by atoms with Gasteiger partial charge in [0.1, 0.15) is 0 Å². The fourth-order valence-electron chi connectivity index (χ4n) is 1.50. The Hall–Kier alpha value is -1.78. The molecule has 1 rings (SSSR count). The van der Waals surface area contributed by atoms with E-state index in [2.05, 4.69) is 24.0 Å². The van der Waals surface area contributed by atoms with Crippen LogP contribution in [0.1, 0.15) is 31.2 Å². The number of benzene rings is 1. The van der Waals surface area contributed by atoms with Gasteiger partial charge < -0.3 is 5.11 Å². The van der Waals surface area contributed by atoms with Crippen LogP contribution in [0.3, 0.4) is 0 Å². The zero-order valence-corrected chi connectivity index (χ0v) is 10.7. The van der Waals surface area contributed by atoms with E-state index in [1.165, 1.54) is 5.56 Å². The second-order valence-electron chi connectivity index (χ2n) is 3.96. The number of aliphatic hydroxyl groups excluding tert-OH is 1. The van der Waals surface area contributed by atoms with Crippen molar-refractivity contribution >= 4 is 6.08 Å². The Morgan fingerprint density at radius 2 is 1.89 bits per heavy atom. The van der Waals surface area contributed by atoms with Gasteiger partial charge in [-0.05, 0) is 37.0 Å². The molecule has 0 saturated carbocycles. The molecule has 1 N–H and O–H groups in total. The van der Waals surface area contributed by atoms with Crippen LogP contribution in [0, 0.1) is 11.8 Å². The average Bonchev–Trinajstić information content (AvgIpc) is 2.42. The summed E-state index contributed by atoms with van der Waals surface area (Å²) in [7, 11) is 0. The lowest BCUT2D eigenvalue weighted by Gasteiger charge is -1.90. The fraction of sp³-hybridized carbons (Fsp3) is 0.294. The first-order chi connectivity index (χ1) is 8.93. The maximum absolute atomic E-state index is 8.54. The largest absolute Gasteiger partial charge is 0.392 e. The quantitative estimate of drug-likeness (QED) is 0.455. The molecular weight excluding hydrogens is 220 g/mol. The standard InChI is InChI=1S/C17H20O/c18-16-12-7-5-3-1-2-4-6-9-13-17-14-10-8-11-15-17/h7-15,18H,1-3,5,16H2/b12-7+,13-9+. The van der Waals surface area contributed by atoms with E-state index < -0.39 is 0 Å². The van der Waals surface area contributed by atoms with Gasteiger partial charge in [-0.2, -0.15) is 0 Å². The zero-order chi connectivity index (χ0) is 12.9. The molecule has 18 heavy (non-hydrogen) atoms. The fourth-order valence-corrected chi connectivity index (χ4v) is 1.50. The third-order valence-electron chi connectivity index (χ3n) is 2.46. The van der Waals surface area contributed by atoms with E-state index in [9.17, 15) is 0 Å². The molecule has 0 fully saturated rings. The summed E-state index contributed by atoms with van der Waals surface area (Å²) in [6.45, 7) is 0.143. The molecule has 0 bridgehead atoms. The Balaban J connectivity index is 2.11. The molecule has 0 heterocycles. The summed E-state index contributed by atoms with van der Waals surface area (Å²) < 4.78 is 0. The van der Waals surface area contributed by atoms with Crippen LogP contribution in [0.25, 0.3) is 6.08 Å². The summed E-state index contributed by atoms with van der Waals surface area (Å²) >= 11 is 0. The summed E-state index contributed by atoms with van der Waals surface area (Å²) in [5.41, 5.74) is 1.18. The van der Waals surface area contributed by atoms with Crippen LogP contribution < -0.4 is 0 Å². The lowest BCUT2D eigenvalue weighted by molar-refractivity contribution is 0.342. The van der Waals surface area contributed by atoms with Crippen LogP contribution >= 0.6 is 0 Å². The topological polar surface area (TPSA) is 20.2 Å². The van der Waals surface area contributed by atoms with E-state index >= 15 is 0 Å². The normalized spacial score (nSPS) is 10.7. The maximum atomic E-state index is 8.54. The number of allylic oxidation sites excluding steroid dienone is 2. The highest BCUT2D eigenvalue weighted by Gasteiger charge is 1.83. The van der Waals surface area contributed by atoms with Gasteiger partial charge in [0, 0.05) is 6.42 Å². The predicted octanol–water partition coefficient (Wildman–Crippen LogP) is 3.81. The van der Waals surface area contributed by atoms with Gasteiger partial charge in [-0.25, -0.2) is 0 Å². The van der Waals surface area contributed by atoms with Gasteiger partial charge in [-0.15, -0.1) is 0 Å². The minimum Gasteiger partial charge on any atom is -0.392 e. The van der Waals surface area contributed by atoms with Crippen LogP contribution in [0.15, 0.2) is 48.6 Å². The molecule has 0 atom stereocenters. The Bertz CT molecular complexity index is 418. The molecule has 0 aliphatic carbocycles. The molecule has 0 unspecified atom stereocenters. The molecule has 1 aromatic rings. The minimum absolute atomic E-state index is 0.143. The van der Waals surface area contributed by atoms with E-state index in [0.29, 0.717) is 0 Å². The second-order valence-corrected chi connectivity index (χ2v) is 3.96. The van der Waals surface area contributed by atoms with Gasteiger partial charge in [0.25, 0.3) is 0 Å². The van der Waals surface area contributed by atoms with Crippen LogP contribution in [-0.2, 0) is 0 Å². The van der Waals surface area contributed by atoms with E-state index in [1.54, 1.807) is 6.08 Å². The van der Waals surface area contributed by atoms with Crippen molar-refractivity contribution in [3.8, 4) is 11.8 Å². The number of hydrogen-bond acceptors (Lipinski definition) is 1. The minimum atomic E-state index is 0.143. The molecule has 0 amide bonds. The van der Waals surface area contributed by atoms with Crippen molar-refractivity contribution in [2.45, 2.75) is 25.7 Å². The molecule has 94 valence electrons. The first kappa shape index (κ1) is 14.3. The number of unbranched alkanes of at least 4 members (excludes halogenated alkanes) is 3. The van der Waals surface area contributed by atoms with Gasteiger partial charge in [-0.3, -0.25) is 0 Å². The third-order valence-corrected chi connectivity index (χ3v) is 2.46. The van der Waals surface area contributed by atoms with Crippen molar-refractivity contribution in [1.82, 2.24) is 0 Å². The van der Waals surface area contributed by atoms with Crippen molar-refractivity contribution in [3.63, 3.8) is 0 Å². The molecule has 1 aromatic carbocycles. The lowest BCUT2D eigenvalue weighted by atomic mass is 10.2. The zero-order valence-electron chi connectivity index (χ0n) is 10.7. The van der Waals surface area contributed by atoms with Crippen molar-refractivity contribution in [2.24, 2.45) is 0 Å². The van der Waals surface area contributed by atoms with Crippen LogP contribution in [0.4, 0.5) is 0 Å². The van der Waals surface area contributed by atoms with Crippen LogP contribution in [0.5, 0.6) is 0 Å². The first-order valence-corrected chi connectivity index (χ1v) is 6.39. The first-order valence-electron chi connectivity index (χ1n) is 6.39. The molecule has 0 aromatic heterocycles. The smallest absolute Gasteiger partial charge is 0.0612 e. The number of hydrogen-bond donors (Lipinski definition) is 1. The molecular formula is C17H20O. The Morgan fingerprint density at radius 1 is 1.06 bits per heavy atom. The predicted molar refractivity (Wildman–Crippen MR) is 77.9 cm³/mol. The maximum Gasteiger partial charge on any atom is 0.0612 e. The van der Waals surface area contributed by atoms with E-state index in [0.717, 1.165) is 25.7 Å². The lowest BCUT2D eigenvalue weighted by Crippen LogP contribution is -1.75. The third kappa shape index (κ3) is 7.49. The summed E-state index contributed by atoms with van der Waals surface area (Å²) in [6.07, 6.45) is 11.9. The molecule has 1 heteroatoms. The monoisotopic (exact) mass is 240 g/mol. The van der Waals surface area contributed by atoms with Gasteiger partial charge >= 0.3 is 0 Å². The molecule has 0 spiro atoms. The van der Waals surface area contributed by atoms with Crippen LogP contribution in [0.2, 0.25) is 0 Å². The molecule has 0 saturated heterocycles. The van der Waals surface area contributed by atoms with E-state index in [4.69, 9.17) is 5.11 Å². The number of aliphatic hydroxyl groups is 1. The second kappa shape index (κ2) is 10.4.